The summed E-state index contributed by atoms with van der Waals surface area (Å²) in [6.07, 6.45) is 2.36. The fraction of sp³-hybridized carbons (Fsp3) is 0.412. The molecule has 0 radical (unpaired) electrons. The zero-order valence-electron chi connectivity index (χ0n) is 13.1. The molecule has 1 aliphatic rings. The van der Waals surface area contributed by atoms with Crippen LogP contribution in [-0.2, 0) is 6.42 Å². The predicted octanol–water partition coefficient (Wildman–Crippen LogP) is 2.70. The summed E-state index contributed by atoms with van der Waals surface area (Å²) in [5.74, 6) is -0.250. The summed E-state index contributed by atoms with van der Waals surface area (Å²) in [6.45, 7) is 1.51. The lowest BCUT2D eigenvalue weighted by molar-refractivity contribution is 0.0702. The summed E-state index contributed by atoms with van der Waals surface area (Å²) >= 11 is 1.41. The second kappa shape index (κ2) is 7.19. The van der Waals surface area contributed by atoms with Crippen LogP contribution in [0, 0.1) is 5.82 Å². The van der Waals surface area contributed by atoms with Crippen LogP contribution in [0.4, 0.5) is 4.39 Å². The van der Waals surface area contributed by atoms with E-state index in [0.717, 1.165) is 30.9 Å². The Morgan fingerprint density at radius 2 is 2.13 bits per heavy atom. The summed E-state index contributed by atoms with van der Waals surface area (Å²) < 4.78 is 13.7. The lowest BCUT2D eigenvalue weighted by atomic mass is 10.1. The molecule has 1 aliphatic heterocycles. The molecule has 1 aromatic carbocycles. The summed E-state index contributed by atoms with van der Waals surface area (Å²) in [5.41, 5.74) is 1.08. The largest absolute Gasteiger partial charge is 0.337 e. The van der Waals surface area contributed by atoms with Crippen LogP contribution in [0.1, 0.15) is 33.9 Å². The minimum absolute atomic E-state index is 0.0180. The first-order chi connectivity index (χ1) is 11.2. The van der Waals surface area contributed by atoms with Gasteiger partial charge >= 0.3 is 0 Å². The van der Waals surface area contributed by atoms with Crippen molar-refractivity contribution in [1.29, 1.82) is 0 Å². The van der Waals surface area contributed by atoms with Crippen LogP contribution in [0.15, 0.2) is 29.6 Å². The van der Waals surface area contributed by atoms with E-state index in [1.807, 2.05) is 18.0 Å². The van der Waals surface area contributed by atoms with Crippen LogP contribution < -0.4 is 5.32 Å². The number of amides is 1. The third-order valence-electron chi connectivity index (χ3n) is 4.26. The number of likely N-dealkylation sites (tertiary alicyclic amines) is 1. The van der Waals surface area contributed by atoms with E-state index in [0.29, 0.717) is 23.7 Å². The normalized spacial score (nSPS) is 15.8. The van der Waals surface area contributed by atoms with Gasteiger partial charge in [-0.15, -0.1) is 11.3 Å². The van der Waals surface area contributed by atoms with Gasteiger partial charge in [-0.25, -0.2) is 9.37 Å². The van der Waals surface area contributed by atoms with Crippen molar-refractivity contribution in [3.8, 4) is 0 Å². The standard InChI is InChI=1S/C17H20FN3OS/c1-19-13-6-8-21(9-7-13)17(22)15-11-23-16(20-15)10-12-4-2-3-5-14(12)18/h2-5,11,13,19H,6-10H2,1H3. The molecule has 0 atom stereocenters. The number of hydrogen-bond donors (Lipinski definition) is 1. The number of halogens is 1. The minimum atomic E-state index is -0.232. The Labute approximate surface area is 139 Å². The first-order valence-electron chi connectivity index (χ1n) is 7.81. The molecule has 4 nitrogen and oxygen atoms in total. The molecule has 0 bridgehead atoms. The third-order valence-corrected chi connectivity index (χ3v) is 5.11. The summed E-state index contributed by atoms with van der Waals surface area (Å²) in [5, 5.41) is 5.80. The van der Waals surface area contributed by atoms with Crippen LogP contribution >= 0.6 is 11.3 Å². The van der Waals surface area contributed by atoms with Crippen molar-refractivity contribution in [3.63, 3.8) is 0 Å². The van der Waals surface area contributed by atoms with Gasteiger partial charge in [-0.3, -0.25) is 4.79 Å². The summed E-state index contributed by atoms with van der Waals surface area (Å²) in [6, 6.07) is 7.17. The van der Waals surface area contributed by atoms with Crippen molar-refractivity contribution in [2.45, 2.75) is 25.3 Å². The molecule has 0 spiro atoms. The molecule has 1 N–H and O–H groups in total. The monoisotopic (exact) mass is 333 g/mol. The average Bonchev–Trinajstić information content (AvgIpc) is 3.05. The predicted molar refractivity (Wildman–Crippen MR) is 89.3 cm³/mol. The Morgan fingerprint density at radius 3 is 2.83 bits per heavy atom. The summed E-state index contributed by atoms with van der Waals surface area (Å²) in [7, 11) is 1.96. The maximum Gasteiger partial charge on any atom is 0.273 e. The molecule has 1 saturated heterocycles. The Hall–Kier alpha value is -1.79. The van der Waals surface area contributed by atoms with E-state index in [2.05, 4.69) is 10.3 Å². The number of hydrogen-bond acceptors (Lipinski definition) is 4. The second-order valence-electron chi connectivity index (χ2n) is 5.75. The fourth-order valence-electron chi connectivity index (χ4n) is 2.83. The smallest absolute Gasteiger partial charge is 0.273 e. The van der Waals surface area contributed by atoms with Gasteiger partial charge in [0.25, 0.3) is 5.91 Å². The zero-order valence-corrected chi connectivity index (χ0v) is 13.9. The van der Waals surface area contributed by atoms with Gasteiger partial charge in [0.05, 0.1) is 5.01 Å². The SMILES string of the molecule is CNC1CCN(C(=O)c2csc(Cc3ccccc3F)n2)CC1. The van der Waals surface area contributed by atoms with Gasteiger partial charge in [-0.1, -0.05) is 18.2 Å². The quantitative estimate of drug-likeness (QED) is 0.936. The molecular formula is C17H20FN3OS. The number of aromatic nitrogens is 1. The second-order valence-corrected chi connectivity index (χ2v) is 6.69. The van der Waals surface area contributed by atoms with E-state index in [4.69, 9.17) is 0 Å². The highest BCUT2D eigenvalue weighted by Crippen LogP contribution is 2.19. The topological polar surface area (TPSA) is 45.2 Å². The highest BCUT2D eigenvalue weighted by atomic mass is 32.1. The number of nitrogens with one attached hydrogen (secondary N) is 1. The Balaban J connectivity index is 1.65. The van der Waals surface area contributed by atoms with Crippen LogP contribution in [0.5, 0.6) is 0 Å². The molecule has 122 valence electrons. The van der Waals surface area contributed by atoms with Crippen molar-refractivity contribution in [2.75, 3.05) is 20.1 Å². The van der Waals surface area contributed by atoms with E-state index < -0.39 is 0 Å². The number of nitrogens with zero attached hydrogens (tertiary/aromatic N) is 2. The van der Waals surface area contributed by atoms with Crippen LogP contribution in [-0.4, -0.2) is 42.0 Å². The van der Waals surface area contributed by atoms with Gasteiger partial charge in [0.2, 0.25) is 0 Å². The molecule has 0 aliphatic carbocycles. The third kappa shape index (κ3) is 3.76. The fourth-order valence-corrected chi connectivity index (χ4v) is 3.62. The number of carbonyl (C=O) groups is 1. The van der Waals surface area contributed by atoms with Crippen molar-refractivity contribution < 1.29 is 9.18 Å². The average molecular weight is 333 g/mol. The molecular weight excluding hydrogens is 313 g/mol. The summed E-state index contributed by atoms with van der Waals surface area (Å²) in [4.78, 5) is 18.8. The number of piperidine rings is 1. The molecule has 0 unspecified atom stereocenters. The molecule has 2 heterocycles. The molecule has 1 amide bonds. The van der Waals surface area contributed by atoms with E-state index in [1.165, 1.54) is 17.4 Å². The maximum absolute atomic E-state index is 13.7. The van der Waals surface area contributed by atoms with Crippen LogP contribution in [0.2, 0.25) is 0 Å². The van der Waals surface area contributed by atoms with Crippen molar-refractivity contribution in [2.24, 2.45) is 0 Å². The van der Waals surface area contributed by atoms with Gasteiger partial charge in [-0.05, 0) is 31.5 Å². The lowest BCUT2D eigenvalue weighted by Crippen LogP contribution is -2.44. The first kappa shape index (κ1) is 16.1. The van der Waals surface area contributed by atoms with Crippen LogP contribution in [0.25, 0.3) is 0 Å². The number of rotatable bonds is 4. The molecule has 1 aromatic heterocycles. The van der Waals surface area contributed by atoms with Crippen molar-refractivity contribution >= 4 is 17.2 Å². The molecule has 1 fully saturated rings. The Bertz CT molecular complexity index is 680. The Morgan fingerprint density at radius 1 is 1.39 bits per heavy atom. The highest BCUT2D eigenvalue weighted by molar-refractivity contribution is 7.09. The molecule has 23 heavy (non-hydrogen) atoms. The van der Waals surface area contributed by atoms with Gasteiger partial charge in [-0.2, -0.15) is 0 Å². The van der Waals surface area contributed by atoms with Gasteiger partial charge in [0.1, 0.15) is 11.5 Å². The van der Waals surface area contributed by atoms with E-state index in [9.17, 15) is 9.18 Å². The number of benzene rings is 1. The molecule has 0 saturated carbocycles. The van der Waals surface area contributed by atoms with Gasteiger partial charge < -0.3 is 10.2 Å². The van der Waals surface area contributed by atoms with E-state index in [1.54, 1.807) is 17.5 Å². The first-order valence-corrected chi connectivity index (χ1v) is 8.69. The molecule has 3 rings (SSSR count). The zero-order chi connectivity index (χ0) is 16.2. The van der Waals surface area contributed by atoms with Crippen molar-refractivity contribution in [3.05, 3.63) is 51.7 Å². The van der Waals surface area contributed by atoms with Gasteiger partial charge in [0, 0.05) is 30.9 Å². The van der Waals surface area contributed by atoms with E-state index >= 15 is 0 Å². The maximum atomic E-state index is 13.7. The highest BCUT2D eigenvalue weighted by Gasteiger charge is 2.24. The van der Waals surface area contributed by atoms with Crippen LogP contribution in [0.3, 0.4) is 0 Å². The number of thiazole rings is 1. The van der Waals surface area contributed by atoms with Gasteiger partial charge in [0.15, 0.2) is 0 Å². The molecule has 2 aromatic rings. The number of carbonyl (C=O) groups excluding carboxylic acids is 1. The minimum Gasteiger partial charge on any atom is -0.337 e. The van der Waals surface area contributed by atoms with E-state index in [-0.39, 0.29) is 11.7 Å². The van der Waals surface area contributed by atoms with Crippen molar-refractivity contribution in [1.82, 2.24) is 15.2 Å². The Kier molecular flexibility index (Phi) is 5.03. The molecule has 6 heteroatoms. The lowest BCUT2D eigenvalue weighted by Gasteiger charge is -2.31.